The second-order valence-electron chi connectivity index (χ2n) is 6.97. The van der Waals surface area contributed by atoms with E-state index in [0.717, 1.165) is 11.8 Å². The van der Waals surface area contributed by atoms with Crippen molar-refractivity contribution in [2.75, 3.05) is 17.7 Å². The lowest BCUT2D eigenvalue weighted by atomic mass is 10.1. The Bertz CT molecular complexity index is 925. The van der Waals surface area contributed by atoms with E-state index >= 15 is 0 Å². The van der Waals surface area contributed by atoms with Crippen molar-refractivity contribution in [2.45, 2.75) is 25.2 Å². The number of primary amides is 1. The molecule has 7 nitrogen and oxygen atoms in total. The zero-order chi connectivity index (χ0) is 22.1. The third-order valence-corrected chi connectivity index (χ3v) is 4.99. The number of nitrogens with two attached hydrogens (primary N) is 1. The van der Waals surface area contributed by atoms with Crippen LogP contribution in [0.5, 0.6) is 0 Å². The van der Waals surface area contributed by atoms with Crippen LogP contribution in [0.3, 0.4) is 0 Å². The Hall–Kier alpha value is -3.13. The molecular weight excluding hydrogens is 404 g/mol. The number of Topliss-reactive ketones (excluding diaryl/α,β-unsaturated/α-hetero) is 1. The average Bonchev–Trinajstić information content (AvgIpc) is 2.70. The van der Waals surface area contributed by atoms with Gasteiger partial charge in [-0.25, -0.2) is 4.79 Å². The Morgan fingerprint density at radius 2 is 1.70 bits per heavy atom. The standard InChI is InChI=1S/C22H24N2O5S/c1-14(2)11-21(27)24-16-9-7-15(8-10-16)18(25)12-29-22(28)17-5-3-4-6-19(17)30-13-20(23)26/h3-10,14H,11-13H2,1-2H3,(H2,23,26)(H,24,27). The van der Waals surface area contributed by atoms with Crippen molar-refractivity contribution in [1.29, 1.82) is 0 Å². The van der Waals surface area contributed by atoms with Gasteiger partial charge in [-0.3, -0.25) is 14.4 Å². The predicted molar refractivity (Wildman–Crippen MR) is 116 cm³/mol. The monoisotopic (exact) mass is 428 g/mol. The van der Waals surface area contributed by atoms with Gasteiger partial charge in [0.2, 0.25) is 11.8 Å². The molecule has 0 saturated heterocycles. The fourth-order valence-corrected chi connectivity index (χ4v) is 3.30. The third kappa shape index (κ3) is 7.36. The average molecular weight is 429 g/mol. The first-order chi connectivity index (χ1) is 14.3. The Morgan fingerprint density at radius 1 is 1.03 bits per heavy atom. The molecule has 0 fully saturated rings. The number of esters is 1. The largest absolute Gasteiger partial charge is 0.454 e. The zero-order valence-corrected chi connectivity index (χ0v) is 17.7. The Kier molecular flexibility index (Phi) is 8.61. The van der Waals surface area contributed by atoms with E-state index in [-0.39, 0.29) is 28.9 Å². The summed E-state index contributed by atoms with van der Waals surface area (Å²) < 4.78 is 5.14. The molecule has 0 atom stereocenters. The predicted octanol–water partition coefficient (Wildman–Crippen LogP) is 3.29. The molecule has 158 valence electrons. The minimum Gasteiger partial charge on any atom is -0.454 e. The van der Waals surface area contributed by atoms with Gasteiger partial charge in [0, 0.05) is 22.6 Å². The quantitative estimate of drug-likeness (QED) is 0.341. The maximum Gasteiger partial charge on any atom is 0.339 e. The van der Waals surface area contributed by atoms with E-state index in [9.17, 15) is 19.2 Å². The first-order valence-corrected chi connectivity index (χ1v) is 10.3. The molecule has 3 N–H and O–H groups in total. The maximum absolute atomic E-state index is 12.4. The van der Waals surface area contributed by atoms with Gasteiger partial charge in [0.1, 0.15) is 0 Å². The number of anilines is 1. The van der Waals surface area contributed by atoms with Gasteiger partial charge in [0.05, 0.1) is 11.3 Å². The highest BCUT2D eigenvalue weighted by Gasteiger charge is 2.16. The highest BCUT2D eigenvalue weighted by Crippen LogP contribution is 2.23. The van der Waals surface area contributed by atoms with Gasteiger partial charge in [-0.1, -0.05) is 26.0 Å². The number of hydrogen-bond acceptors (Lipinski definition) is 6. The number of hydrogen-bond donors (Lipinski definition) is 2. The topological polar surface area (TPSA) is 116 Å². The highest BCUT2D eigenvalue weighted by atomic mass is 32.2. The van der Waals surface area contributed by atoms with E-state index in [1.165, 1.54) is 0 Å². The molecule has 2 aromatic rings. The van der Waals surface area contributed by atoms with Crippen molar-refractivity contribution < 1.29 is 23.9 Å². The van der Waals surface area contributed by atoms with Crippen LogP contribution in [0.4, 0.5) is 5.69 Å². The number of carbonyl (C=O) groups excluding carboxylic acids is 4. The number of amides is 2. The Balaban J connectivity index is 1.93. The van der Waals surface area contributed by atoms with E-state index in [1.807, 2.05) is 13.8 Å². The van der Waals surface area contributed by atoms with Crippen LogP contribution in [-0.2, 0) is 14.3 Å². The maximum atomic E-state index is 12.4. The Morgan fingerprint density at radius 3 is 2.33 bits per heavy atom. The van der Waals surface area contributed by atoms with Gasteiger partial charge in [0.15, 0.2) is 12.4 Å². The second-order valence-corrected chi connectivity index (χ2v) is 7.99. The van der Waals surface area contributed by atoms with Crippen LogP contribution in [-0.4, -0.2) is 35.9 Å². The lowest BCUT2D eigenvalue weighted by Crippen LogP contribution is -2.16. The second kappa shape index (κ2) is 11.2. The molecule has 0 heterocycles. The van der Waals surface area contributed by atoms with Crippen molar-refractivity contribution in [2.24, 2.45) is 11.7 Å². The minimum absolute atomic E-state index is 0.0310. The van der Waals surface area contributed by atoms with E-state index in [1.54, 1.807) is 48.5 Å². The number of benzene rings is 2. The van der Waals surface area contributed by atoms with Gasteiger partial charge in [-0.2, -0.15) is 0 Å². The number of nitrogens with one attached hydrogen (secondary N) is 1. The highest BCUT2D eigenvalue weighted by molar-refractivity contribution is 8.00. The van der Waals surface area contributed by atoms with Crippen LogP contribution in [0.25, 0.3) is 0 Å². The molecule has 30 heavy (non-hydrogen) atoms. The first kappa shape index (κ1) is 23.2. The van der Waals surface area contributed by atoms with E-state index in [4.69, 9.17) is 10.5 Å². The fraction of sp³-hybridized carbons (Fsp3) is 0.273. The van der Waals surface area contributed by atoms with Crippen LogP contribution in [0.2, 0.25) is 0 Å². The summed E-state index contributed by atoms with van der Waals surface area (Å²) in [6, 6.07) is 13.0. The molecule has 0 saturated carbocycles. The first-order valence-electron chi connectivity index (χ1n) is 9.36. The summed E-state index contributed by atoms with van der Waals surface area (Å²) in [5, 5.41) is 2.77. The molecule has 2 aromatic carbocycles. The van der Waals surface area contributed by atoms with Gasteiger partial charge in [-0.15, -0.1) is 11.8 Å². The van der Waals surface area contributed by atoms with E-state index in [0.29, 0.717) is 22.6 Å². The van der Waals surface area contributed by atoms with E-state index in [2.05, 4.69) is 5.32 Å². The third-order valence-electron chi connectivity index (χ3n) is 3.90. The molecule has 2 rings (SSSR count). The van der Waals surface area contributed by atoms with Crippen molar-refractivity contribution in [1.82, 2.24) is 0 Å². The fourth-order valence-electron chi connectivity index (χ4n) is 2.52. The molecule has 0 aromatic heterocycles. The van der Waals surface area contributed by atoms with Crippen LogP contribution in [0.1, 0.15) is 41.0 Å². The normalized spacial score (nSPS) is 10.5. The van der Waals surface area contributed by atoms with Crippen molar-refractivity contribution in [3.63, 3.8) is 0 Å². The summed E-state index contributed by atoms with van der Waals surface area (Å²) in [7, 11) is 0. The van der Waals surface area contributed by atoms with Crippen LogP contribution in [0.15, 0.2) is 53.4 Å². The van der Waals surface area contributed by atoms with Gasteiger partial charge in [0.25, 0.3) is 0 Å². The lowest BCUT2D eigenvalue weighted by Gasteiger charge is -2.09. The van der Waals surface area contributed by atoms with Crippen LogP contribution < -0.4 is 11.1 Å². The Labute approximate surface area is 179 Å². The molecule has 0 aliphatic heterocycles. The summed E-state index contributed by atoms with van der Waals surface area (Å²) in [6.45, 7) is 3.49. The molecule has 0 spiro atoms. The summed E-state index contributed by atoms with van der Waals surface area (Å²) in [5.41, 5.74) is 6.36. The zero-order valence-electron chi connectivity index (χ0n) is 16.8. The van der Waals surface area contributed by atoms with Crippen molar-refractivity contribution >= 4 is 41.0 Å². The molecule has 8 heteroatoms. The number of carbonyl (C=O) groups is 4. The van der Waals surface area contributed by atoms with Crippen molar-refractivity contribution in [3.05, 3.63) is 59.7 Å². The molecular formula is C22H24N2O5S. The molecule has 0 aliphatic carbocycles. The van der Waals surface area contributed by atoms with Gasteiger partial charge in [-0.05, 0) is 42.3 Å². The van der Waals surface area contributed by atoms with E-state index < -0.39 is 18.5 Å². The van der Waals surface area contributed by atoms with Gasteiger partial charge >= 0.3 is 5.97 Å². The molecule has 0 bridgehead atoms. The molecule has 0 aliphatic rings. The summed E-state index contributed by atoms with van der Waals surface area (Å²) >= 11 is 1.13. The molecule has 0 radical (unpaired) electrons. The van der Waals surface area contributed by atoms with Gasteiger partial charge < -0.3 is 15.8 Å². The van der Waals surface area contributed by atoms with Crippen LogP contribution in [0, 0.1) is 5.92 Å². The number of ether oxygens (including phenoxy) is 1. The SMILES string of the molecule is CC(C)CC(=O)Nc1ccc(C(=O)COC(=O)c2ccccc2SCC(N)=O)cc1. The minimum atomic E-state index is -0.659. The lowest BCUT2D eigenvalue weighted by molar-refractivity contribution is -0.117. The smallest absolute Gasteiger partial charge is 0.339 e. The number of thioether (sulfide) groups is 1. The number of rotatable bonds is 10. The number of ketones is 1. The summed E-state index contributed by atoms with van der Waals surface area (Å²) in [6.07, 6.45) is 0.413. The molecule has 2 amide bonds. The molecule has 0 unspecified atom stereocenters. The van der Waals surface area contributed by atoms with Crippen LogP contribution >= 0.6 is 11.8 Å². The summed E-state index contributed by atoms with van der Waals surface area (Å²) in [4.78, 5) is 48.0. The summed E-state index contributed by atoms with van der Waals surface area (Å²) in [5.74, 6) is -1.34. The van der Waals surface area contributed by atoms with Crippen molar-refractivity contribution in [3.8, 4) is 0 Å².